The van der Waals surface area contributed by atoms with Crippen LogP contribution in [0.5, 0.6) is 0 Å². The third-order valence-corrected chi connectivity index (χ3v) is 7.58. The molecule has 1 fully saturated rings. The van der Waals surface area contributed by atoms with Gasteiger partial charge in [0.05, 0.1) is 29.7 Å². The van der Waals surface area contributed by atoms with E-state index in [1.807, 2.05) is 29.1 Å². The third-order valence-electron chi connectivity index (χ3n) is 7.07. The van der Waals surface area contributed by atoms with E-state index in [2.05, 4.69) is 48.5 Å². The van der Waals surface area contributed by atoms with E-state index in [0.29, 0.717) is 17.8 Å². The first-order chi connectivity index (χ1) is 17.5. The maximum absolute atomic E-state index is 14.4. The Labute approximate surface area is 211 Å². The summed E-state index contributed by atoms with van der Waals surface area (Å²) in [5, 5.41) is 6.68. The zero-order chi connectivity index (χ0) is 24.8. The van der Waals surface area contributed by atoms with E-state index in [-0.39, 0.29) is 11.7 Å². The van der Waals surface area contributed by atoms with Gasteiger partial charge < -0.3 is 4.90 Å². The van der Waals surface area contributed by atoms with Crippen LogP contribution in [0.4, 0.5) is 15.8 Å². The molecular formula is C28H25FN5OP. The van der Waals surface area contributed by atoms with Gasteiger partial charge in [0, 0.05) is 55.4 Å². The number of anilines is 2. The van der Waals surface area contributed by atoms with E-state index in [4.69, 9.17) is 6.42 Å². The highest BCUT2D eigenvalue weighted by Crippen LogP contribution is 2.40. The molecule has 0 bridgehead atoms. The van der Waals surface area contributed by atoms with Crippen LogP contribution < -0.4 is 9.57 Å². The van der Waals surface area contributed by atoms with Crippen molar-refractivity contribution in [3.8, 4) is 12.3 Å². The van der Waals surface area contributed by atoms with Crippen molar-refractivity contribution < 1.29 is 9.18 Å². The molecule has 3 aromatic carbocycles. The number of carbonyl (C=O) groups excluding carboxylic acids is 1. The largest absolute Gasteiger partial charge is 0.367 e. The maximum Gasteiger partial charge on any atom is 0.261 e. The van der Waals surface area contributed by atoms with E-state index >= 15 is 0 Å². The molecule has 1 unspecified atom stereocenters. The van der Waals surface area contributed by atoms with Gasteiger partial charge in [-0.2, -0.15) is 5.10 Å². The minimum atomic E-state index is -0.266. The van der Waals surface area contributed by atoms with Gasteiger partial charge in [0.25, 0.3) is 5.91 Å². The monoisotopic (exact) mass is 497 g/mol. The van der Waals surface area contributed by atoms with Crippen LogP contribution in [0.25, 0.3) is 10.8 Å². The summed E-state index contributed by atoms with van der Waals surface area (Å²) >= 11 is 0. The number of hydrogen-bond donors (Lipinski definition) is 0. The average Bonchev–Trinajstić information content (AvgIpc) is 3.44. The average molecular weight is 498 g/mol. The summed E-state index contributed by atoms with van der Waals surface area (Å²) < 4.78 is 18.0. The second-order valence-electron chi connectivity index (χ2n) is 9.27. The Bertz CT molecular complexity index is 1530. The normalized spacial score (nSPS) is 15.6. The molecule has 36 heavy (non-hydrogen) atoms. The highest BCUT2D eigenvalue weighted by atomic mass is 31.0. The molecule has 8 heteroatoms. The van der Waals surface area contributed by atoms with Gasteiger partial charge in [-0.1, -0.05) is 24.1 Å². The van der Waals surface area contributed by atoms with Crippen molar-refractivity contribution in [1.82, 2.24) is 14.7 Å². The first kappa shape index (κ1) is 22.7. The summed E-state index contributed by atoms with van der Waals surface area (Å²) in [4.78, 5) is 17.0. The Kier molecular flexibility index (Phi) is 5.72. The van der Waals surface area contributed by atoms with E-state index in [0.717, 1.165) is 65.9 Å². The molecule has 2 aliphatic heterocycles. The fourth-order valence-electron chi connectivity index (χ4n) is 5.21. The number of nitrogens with zero attached hydrogens (tertiary/aromatic N) is 5. The Morgan fingerprint density at radius 1 is 1.03 bits per heavy atom. The zero-order valence-electron chi connectivity index (χ0n) is 19.7. The lowest BCUT2D eigenvalue weighted by atomic mass is 10.0. The van der Waals surface area contributed by atoms with Gasteiger partial charge in [0.2, 0.25) is 0 Å². The SMILES string of the molecule is C#Cc1ccc(N2CCN(Cc3cnn(Cc4ccc5c6c(cccc46)C(=O)N5P)c3)CC2)c(F)c1. The van der Waals surface area contributed by atoms with E-state index < -0.39 is 0 Å². The second-order valence-corrected chi connectivity index (χ2v) is 9.78. The summed E-state index contributed by atoms with van der Waals surface area (Å²) in [7, 11) is 2.51. The standard InChI is InChI=1S/C28H25FN5OP/c1-2-19-6-8-25(24(29)14-19)32-12-10-31(11-13-32)16-20-15-30-33(17-20)18-21-7-9-26-27-22(21)4-3-5-23(27)28(35)34(26)36/h1,3-9,14-15,17H,10-13,16,18,36H2. The summed E-state index contributed by atoms with van der Waals surface area (Å²) in [6, 6.07) is 15.0. The fourth-order valence-corrected chi connectivity index (χ4v) is 5.57. The summed E-state index contributed by atoms with van der Waals surface area (Å²) in [6.07, 6.45) is 9.37. The Morgan fingerprint density at radius 2 is 1.83 bits per heavy atom. The van der Waals surface area contributed by atoms with Gasteiger partial charge in [-0.3, -0.25) is 19.0 Å². The number of terminal acetylenes is 1. The number of rotatable bonds is 5. The minimum Gasteiger partial charge on any atom is -0.367 e. The van der Waals surface area contributed by atoms with Crippen molar-refractivity contribution in [2.24, 2.45) is 0 Å². The molecule has 0 radical (unpaired) electrons. The van der Waals surface area contributed by atoms with Crippen molar-refractivity contribution in [3.05, 3.63) is 89.0 Å². The molecule has 0 spiro atoms. The van der Waals surface area contributed by atoms with Crippen LogP contribution in [0.3, 0.4) is 0 Å². The number of carbonyl (C=O) groups is 1. The molecule has 1 amide bonds. The van der Waals surface area contributed by atoms with Crippen molar-refractivity contribution in [2.45, 2.75) is 13.1 Å². The van der Waals surface area contributed by atoms with Crippen molar-refractivity contribution in [3.63, 3.8) is 0 Å². The molecule has 1 aromatic heterocycles. The number of amides is 1. The van der Waals surface area contributed by atoms with Crippen LogP contribution in [0, 0.1) is 18.2 Å². The fraction of sp³-hybridized carbons (Fsp3) is 0.214. The number of halogens is 1. The van der Waals surface area contributed by atoms with E-state index in [1.165, 1.54) is 6.07 Å². The molecule has 3 heterocycles. The number of aromatic nitrogens is 2. The topological polar surface area (TPSA) is 44.6 Å². The lowest BCUT2D eigenvalue weighted by molar-refractivity contribution is 0.101. The first-order valence-electron chi connectivity index (χ1n) is 11.9. The Balaban J connectivity index is 1.12. The molecule has 0 N–H and O–H groups in total. The molecule has 6 nitrogen and oxygen atoms in total. The summed E-state index contributed by atoms with van der Waals surface area (Å²) in [5.74, 6) is 2.22. The van der Waals surface area contributed by atoms with Crippen molar-refractivity contribution >= 4 is 37.4 Å². The van der Waals surface area contributed by atoms with Gasteiger partial charge >= 0.3 is 0 Å². The van der Waals surface area contributed by atoms with Crippen LogP contribution in [0.2, 0.25) is 0 Å². The number of hydrogen-bond acceptors (Lipinski definition) is 4. The van der Waals surface area contributed by atoms with Crippen molar-refractivity contribution in [1.29, 1.82) is 0 Å². The summed E-state index contributed by atoms with van der Waals surface area (Å²) in [5.41, 5.74) is 5.11. The summed E-state index contributed by atoms with van der Waals surface area (Å²) in [6.45, 7) is 4.63. The van der Waals surface area contributed by atoms with Crippen LogP contribution in [-0.4, -0.2) is 46.8 Å². The molecule has 1 saturated heterocycles. The lowest BCUT2D eigenvalue weighted by Gasteiger charge is -2.36. The molecule has 180 valence electrons. The zero-order valence-corrected chi connectivity index (χ0v) is 20.8. The molecule has 4 aromatic rings. The number of piperazine rings is 1. The molecule has 6 rings (SSSR count). The predicted molar refractivity (Wildman–Crippen MR) is 144 cm³/mol. The number of benzene rings is 3. The molecule has 0 saturated carbocycles. The van der Waals surface area contributed by atoms with Gasteiger partial charge in [0.1, 0.15) is 5.82 Å². The second kappa shape index (κ2) is 9.05. The van der Waals surface area contributed by atoms with E-state index in [1.54, 1.807) is 16.8 Å². The molecule has 1 atom stereocenters. The predicted octanol–water partition coefficient (Wildman–Crippen LogP) is 4.28. The highest BCUT2D eigenvalue weighted by Gasteiger charge is 2.28. The first-order valence-corrected chi connectivity index (χ1v) is 12.4. The van der Waals surface area contributed by atoms with Gasteiger partial charge in [-0.25, -0.2) is 4.39 Å². The Hall–Kier alpha value is -3.72. The smallest absolute Gasteiger partial charge is 0.261 e. The third kappa shape index (κ3) is 3.93. The maximum atomic E-state index is 14.4. The quantitative estimate of drug-likeness (QED) is 0.305. The van der Waals surface area contributed by atoms with Gasteiger partial charge in [-0.15, -0.1) is 6.42 Å². The Morgan fingerprint density at radius 3 is 2.61 bits per heavy atom. The van der Waals surface area contributed by atoms with Crippen LogP contribution in [-0.2, 0) is 13.1 Å². The molecule has 2 aliphatic rings. The highest BCUT2D eigenvalue weighted by molar-refractivity contribution is 7.21. The van der Waals surface area contributed by atoms with Gasteiger partial charge in [-0.05, 0) is 50.7 Å². The van der Waals surface area contributed by atoms with Gasteiger partial charge in [0.15, 0.2) is 0 Å². The van der Waals surface area contributed by atoms with Crippen LogP contribution in [0.15, 0.2) is 60.9 Å². The van der Waals surface area contributed by atoms with Crippen LogP contribution >= 0.6 is 9.39 Å². The molecular weight excluding hydrogens is 472 g/mol. The van der Waals surface area contributed by atoms with Crippen molar-refractivity contribution in [2.75, 3.05) is 35.7 Å². The lowest BCUT2D eigenvalue weighted by Crippen LogP contribution is -2.46. The molecule has 0 aliphatic carbocycles. The van der Waals surface area contributed by atoms with Crippen LogP contribution in [0.1, 0.15) is 27.0 Å². The minimum absolute atomic E-state index is 0.00606. The van der Waals surface area contributed by atoms with E-state index in [9.17, 15) is 9.18 Å².